The third-order valence-corrected chi connectivity index (χ3v) is 4.58. The molecule has 1 atom stereocenters. The number of nitrogens with one attached hydrogen (secondary N) is 1. The van der Waals surface area contributed by atoms with E-state index in [1.54, 1.807) is 19.4 Å². The lowest BCUT2D eigenvalue weighted by molar-refractivity contribution is 0.0489. The molecule has 1 N–H and O–H groups in total. The van der Waals surface area contributed by atoms with E-state index in [9.17, 15) is 4.79 Å². The molecule has 1 aliphatic heterocycles. The summed E-state index contributed by atoms with van der Waals surface area (Å²) in [5, 5.41) is 3.11. The number of hydrogen-bond acceptors (Lipinski definition) is 7. The average Bonchev–Trinajstić information content (AvgIpc) is 3.49. The molecule has 1 aliphatic carbocycles. The first-order valence-corrected chi connectivity index (χ1v) is 8.65. The van der Waals surface area contributed by atoms with Gasteiger partial charge in [-0.15, -0.1) is 0 Å². The van der Waals surface area contributed by atoms with Gasteiger partial charge < -0.3 is 19.5 Å². The molecule has 0 bridgehead atoms. The normalized spacial score (nSPS) is 20.5. The highest BCUT2D eigenvalue weighted by Crippen LogP contribution is 2.38. The second kappa shape index (κ2) is 6.79. The van der Waals surface area contributed by atoms with Gasteiger partial charge in [-0.05, 0) is 18.9 Å². The van der Waals surface area contributed by atoms with Crippen molar-refractivity contribution in [3.8, 4) is 0 Å². The number of hydrogen-bond donors (Lipinski definition) is 1. The van der Waals surface area contributed by atoms with Gasteiger partial charge in [0.1, 0.15) is 11.6 Å². The largest absolute Gasteiger partial charge is 0.373 e. The lowest BCUT2D eigenvalue weighted by Crippen LogP contribution is -2.46. The first-order chi connectivity index (χ1) is 12.2. The summed E-state index contributed by atoms with van der Waals surface area (Å²) in [4.78, 5) is 27.4. The van der Waals surface area contributed by atoms with E-state index in [2.05, 4.69) is 20.2 Å². The van der Waals surface area contributed by atoms with Crippen LogP contribution in [0.25, 0.3) is 0 Å². The zero-order chi connectivity index (χ0) is 17.2. The molecule has 4 rings (SSSR count). The molecule has 1 saturated heterocycles. The molecular weight excluding hydrogens is 320 g/mol. The molecule has 1 saturated carbocycles. The molecule has 2 aromatic rings. The molecule has 0 spiro atoms. The van der Waals surface area contributed by atoms with E-state index < -0.39 is 0 Å². The molecule has 8 nitrogen and oxygen atoms in total. The van der Waals surface area contributed by atoms with Crippen LogP contribution in [0.3, 0.4) is 0 Å². The molecule has 1 unspecified atom stereocenters. The predicted octanol–water partition coefficient (Wildman–Crippen LogP) is 0.765. The fourth-order valence-corrected chi connectivity index (χ4v) is 2.96. The van der Waals surface area contributed by atoms with Gasteiger partial charge in [-0.1, -0.05) is 0 Å². The van der Waals surface area contributed by atoms with Crippen molar-refractivity contribution >= 4 is 11.6 Å². The molecule has 25 heavy (non-hydrogen) atoms. The lowest BCUT2D eigenvalue weighted by Gasteiger charge is -2.33. The summed E-state index contributed by atoms with van der Waals surface area (Å²) in [5.41, 5.74) is -0.139. The first kappa shape index (κ1) is 16.0. The monoisotopic (exact) mass is 342 g/mol. The Bertz CT molecular complexity index is 804. The summed E-state index contributed by atoms with van der Waals surface area (Å²) in [6.07, 6.45) is 7.45. The van der Waals surface area contributed by atoms with Crippen molar-refractivity contribution in [1.82, 2.24) is 19.5 Å². The van der Waals surface area contributed by atoms with E-state index >= 15 is 0 Å². The van der Waals surface area contributed by atoms with E-state index in [-0.39, 0.29) is 11.7 Å². The van der Waals surface area contributed by atoms with Crippen LogP contribution in [-0.4, -0.2) is 51.9 Å². The minimum Gasteiger partial charge on any atom is -0.373 e. The maximum absolute atomic E-state index is 12.0. The number of aromatic nitrogens is 4. The molecule has 0 aromatic carbocycles. The maximum Gasteiger partial charge on any atom is 0.293 e. The van der Waals surface area contributed by atoms with Crippen LogP contribution in [-0.2, 0) is 11.8 Å². The predicted molar refractivity (Wildman–Crippen MR) is 93.9 cm³/mol. The second-order valence-corrected chi connectivity index (χ2v) is 6.56. The van der Waals surface area contributed by atoms with E-state index in [0.29, 0.717) is 24.9 Å². The highest BCUT2D eigenvalue weighted by Gasteiger charge is 2.28. The summed E-state index contributed by atoms with van der Waals surface area (Å²) in [6.45, 7) is 2.70. The van der Waals surface area contributed by atoms with Gasteiger partial charge in [0.15, 0.2) is 5.82 Å². The van der Waals surface area contributed by atoms with Gasteiger partial charge in [0.05, 0.1) is 12.7 Å². The van der Waals surface area contributed by atoms with Crippen LogP contribution in [0.4, 0.5) is 11.6 Å². The molecule has 0 amide bonds. The van der Waals surface area contributed by atoms with E-state index in [4.69, 9.17) is 9.72 Å². The lowest BCUT2D eigenvalue weighted by atomic mass is 10.2. The van der Waals surface area contributed by atoms with Gasteiger partial charge in [-0.25, -0.2) is 15.0 Å². The number of anilines is 2. The van der Waals surface area contributed by atoms with E-state index in [0.717, 1.165) is 24.7 Å². The fraction of sp³-hybridized carbons (Fsp3) is 0.529. The molecule has 132 valence electrons. The van der Waals surface area contributed by atoms with Crippen LogP contribution < -0.4 is 15.8 Å². The van der Waals surface area contributed by atoms with Crippen molar-refractivity contribution in [3.05, 3.63) is 40.8 Å². The molecule has 0 radical (unpaired) electrons. The molecule has 2 aromatic heterocycles. The Morgan fingerprint density at radius 1 is 1.32 bits per heavy atom. The van der Waals surface area contributed by atoms with Crippen molar-refractivity contribution in [3.63, 3.8) is 0 Å². The van der Waals surface area contributed by atoms with Gasteiger partial charge in [-0.2, -0.15) is 0 Å². The Morgan fingerprint density at radius 2 is 2.20 bits per heavy atom. The SMILES string of the molecule is Cn1ccnc(NCC2CN(c3ccnc(C4CC4)n3)CCO2)c1=O. The standard InChI is InChI=1S/C17H22N6O2/c1-22-7-6-19-16(17(22)24)20-10-13-11-23(8-9-25-13)14-4-5-18-15(21-14)12-2-3-12/h4-7,12-13H,2-3,8-11H2,1H3,(H,19,20). The quantitative estimate of drug-likeness (QED) is 0.859. The Kier molecular flexibility index (Phi) is 4.35. The molecule has 3 heterocycles. The average molecular weight is 342 g/mol. The van der Waals surface area contributed by atoms with Crippen LogP contribution in [0.5, 0.6) is 0 Å². The Labute approximate surface area is 145 Å². The van der Waals surface area contributed by atoms with E-state index in [1.165, 1.54) is 17.4 Å². The minimum absolute atomic E-state index is 0.0280. The fourth-order valence-electron chi connectivity index (χ4n) is 2.96. The molecule has 2 aliphatic rings. The summed E-state index contributed by atoms with van der Waals surface area (Å²) < 4.78 is 7.33. The number of nitrogens with zero attached hydrogens (tertiary/aromatic N) is 5. The van der Waals surface area contributed by atoms with Crippen molar-refractivity contribution in [2.75, 3.05) is 36.5 Å². The highest BCUT2D eigenvalue weighted by molar-refractivity contribution is 5.39. The number of aryl methyl sites for hydroxylation is 1. The zero-order valence-electron chi connectivity index (χ0n) is 14.3. The molecule has 8 heteroatoms. The Balaban J connectivity index is 1.40. The zero-order valence-corrected chi connectivity index (χ0v) is 14.3. The summed E-state index contributed by atoms with van der Waals surface area (Å²) in [7, 11) is 1.71. The third kappa shape index (κ3) is 3.63. The summed E-state index contributed by atoms with van der Waals surface area (Å²) >= 11 is 0. The Morgan fingerprint density at radius 3 is 3.04 bits per heavy atom. The minimum atomic E-state index is -0.139. The first-order valence-electron chi connectivity index (χ1n) is 8.65. The number of rotatable bonds is 5. The van der Waals surface area contributed by atoms with Gasteiger partial charge in [-0.3, -0.25) is 4.79 Å². The van der Waals surface area contributed by atoms with Crippen LogP contribution in [0.1, 0.15) is 24.6 Å². The van der Waals surface area contributed by atoms with Gasteiger partial charge in [0.2, 0.25) is 0 Å². The van der Waals surface area contributed by atoms with Crippen LogP contribution in [0.15, 0.2) is 29.5 Å². The number of ether oxygens (including phenoxy) is 1. The topological polar surface area (TPSA) is 85.2 Å². The highest BCUT2D eigenvalue weighted by atomic mass is 16.5. The van der Waals surface area contributed by atoms with Crippen molar-refractivity contribution in [1.29, 1.82) is 0 Å². The second-order valence-electron chi connectivity index (χ2n) is 6.56. The van der Waals surface area contributed by atoms with Gasteiger partial charge in [0, 0.05) is 51.2 Å². The van der Waals surface area contributed by atoms with Crippen LogP contribution in [0, 0.1) is 0 Å². The summed E-state index contributed by atoms with van der Waals surface area (Å²) in [6, 6.07) is 1.95. The van der Waals surface area contributed by atoms with Crippen molar-refractivity contribution in [2.24, 2.45) is 7.05 Å². The van der Waals surface area contributed by atoms with Crippen LogP contribution in [0.2, 0.25) is 0 Å². The Hall–Kier alpha value is -2.48. The smallest absolute Gasteiger partial charge is 0.293 e. The van der Waals surface area contributed by atoms with Crippen molar-refractivity contribution in [2.45, 2.75) is 24.9 Å². The van der Waals surface area contributed by atoms with Crippen molar-refractivity contribution < 1.29 is 4.74 Å². The molecule has 2 fully saturated rings. The number of morpholine rings is 1. The summed E-state index contributed by atoms with van der Waals surface area (Å²) in [5.74, 6) is 2.80. The van der Waals surface area contributed by atoms with Crippen LogP contribution >= 0.6 is 0 Å². The van der Waals surface area contributed by atoms with Gasteiger partial charge >= 0.3 is 0 Å². The molecular formula is C17H22N6O2. The van der Waals surface area contributed by atoms with Gasteiger partial charge in [0.25, 0.3) is 5.56 Å². The third-order valence-electron chi connectivity index (χ3n) is 4.58. The maximum atomic E-state index is 12.0. The van der Waals surface area contributed by atoms with E-state index in [1.807, 2.05) is 12.3 Å².